The van der Waals surface area contributed by atoms with Gasteiger partial charge >= 0.3 is 6.03 Å². The van der Waals surface area contributed by atoms with Gasteiger partial charge in [0.2, 0.25) is 0 Å². The number of benzene rings is 1. The van der Waals surface area contributed by atoms with Crippen LogP contribution < -0.4 is 10.1 Å². The van der Waals surface area contributed by atoms with Crippen molar-refractivity contribution in [1.29, 1.82) is 0 Å². The maximum absolute atomic E-state index is 13.5. The van der Waals surface area contributed by atoms with Crippen LogP contribution in [0.2, 0.25) is 0 Å². The second-order valence-electron chi connectivity index (χ2n) is 5.61. The Morgan fingerprint density at radius 3 is 2.58 bits per heavy atom. The van der Waals surface area contributed by atoms with Gasteiger partial charge in [-0.25, -0.2) is 9.18 Å². The molecule has 0 bridgehead atoms. The molecule has 0 aliphatic heterocycles. The maximum atomic E-state index is 13.5. The van der Waals surface area contributed by atoms with Crippen molar-refractivity contribution < 1.29 is 13.9 Å². The van der Waals surface area contributed by atoms with Gasteiger partial charge in [0.05, 0.1) is 12.6 Å². The van der Waals surface area contributed by atoms with E-state index in [1.54, 1.807) is 49.5 Å². The molecule has 0 aliphatic rings. The SMILES string of the molecule is C[C@H](c1ccncc1)N(C)C(=O)NC[C@H](C)Oc1ccccc1F. The second-order valence-corrected chi connectivity index (χ2v) is 5.61. The molecule has 6 heteroatoms. The number of aromatic nitrogens is 1. The number of rotatable bonds is 6. The van der Waals surface area contributed by atoms with E-state index >= 15 is 0 Å². The predicted octanol–water partition coefficient (Wildman–Crippen LogP) is 3.39. The topological polar surface area (TPSA) is 54.5 Å². The number of urea groups is 1. The fourth-order valence-electron chi connectivity index (χ4n) is 2.20. The normalized spacial score (nSPS) is 13.0. The summed E-state index contributed by atoms with van der Waals surface area (Å²) in [6.45, 7) is 3.99. The van der Waals surface area contributed by atoms with Gasteiger partial charge in [-0.2, -0.15) is 0 Å². The van der Waals surface area contributed by atoms with E-state index in [4.69, 9.17) is 4.74 Å². The van der Waals surface area contributed by atoms with Crippen molar-refractivity contribution in [2.24, 2.45) is 0 Å². The standard InChI is InChI=1S/C18H22FN3O2/c1-13(24-17-7-5-4-6-16(17)19)12-21-18(23)22(3)14(2)15-8-10-20-11-9-15/h4-11,13-14H,12H2,1-3H3,(H,21,23)/t13-,14+/m0/s1. The van der Waals surface area contributed by atoms with Gasteiger partial charge in [0, 0.05) is 19.4 Å². The Balaban J connectivity index is 1.85. The fraction of sp³-hybridized carbons (Fsp3) is 0.333. The summed E-state index contributed by atoms with van der Waals surface area (Å²) in [5.74, 6) is -0.239. The Morgan fingerprint density at radius 1 is 1.25 bits per heavy atom. The Kier molecular flexibility index (Phi) is 6.12. The van der Waals surface area contributed by atoms with Crippen LogP contribution in [0.25, 0.3) is 0 Å². The summed E-state index contributed by atoms with van der Waals surface area (Å²) in [4.78, 5) is 17.8. The highest BCUT2D eigenvalue weighted by atomic mass is 19.1. The lowest BCUT2D eigenvalue weighted by Crippen LogP contribution is -2.42. The van der Waals surface area contributed by atoms with E-state index in [-0.39, 0.29) is 30.5 Å². The third-order valence-corrected chi connectivity index (χ3v) is 3.80. The summed E-state index contributed by atoms with van der Waals surface area (Å²) in [5.41, 5.74) is 0.998. The molecule has 1 aromatic heterocycles. The number of hydrogen-bond donors (Lipinski definition) is 1. The third kappa shape index (κ3) is 4.68. The molecule has 0 aliphatic carbocycles. The zero-order valence-corrected chi connectivity index (χ0v) is 14.1. The molecular formula is C18H22FN3O2. The number of nitrogens with one attached hydrogen (secondary N) is 1. The number of para-hydroxylation sites is 1. The zero-order valence-electron chi connectivity index (χ0n) is 14.1. The minimum atomic E-state index is -0.417. The smallest absolute Gasteiger partial charge is 0.317 e. The van der Waals surface area contributed by atoms with Crippen LogP contribution in [0.1, 0.15) is 25.5 Å². The molecule has 5 nitrogen and oxygen atoms in total. The highest BCUT2D eigenvalue weighted by molar-refractivity contribution is 5.74. The molecule has 0 spiro atoms. The van der Waals surface area contributed by atoms with Crippen LogP contribution in [0.15, 0.2) is 48.8 Å². The van der Waals surface area contributed by atoms with Gasteiger partial charge in [0.15, 0.2) is 11.6 Å². The largest absolute Gasteiger partial charge is 0.486 e. The lowest BCUT2D eigenvalue weighted by molar-refractivity contribution is 0.177. The monoisotopic (exact) mass is 331 g/mol. The minimum absolute atomic E-state index is 0.0872. The van der Waals surface area contributed by atoms with E-state index in [0.717, 1.165) is 5.56 Å². The molecule has 1 aromatic carbocycles. The number of halogens is 1. The number of carbonyl (C=O) groups is 1. The van der Waals surface area contributed by atoms with Crippen LogP contribution in [0.3, 0.4) is 0 Å². The van der Waals surface area contributed by atoms with Crippen molar-refractivity contribution in [3.63, 3.8) is 0 Å². The van der Waals surface area contributed by atoms with E-state index < -0.39 is 5.82 Å². The molecule has 0 radical (unpaired) electrons. The van der Waals surface area contributed by atoms with Crippen molar-refractivity contribution in [3.8, 4) is 5.75 Å². The summed E-state index contributed by atoms with van der Waals surface area (Å²) in [6, 6.07) is 9.64. The van der Waals surface area contributed by atoms with E-state index in [1.807, 2.05) is 19.1 Å². The first-order valence-corrected chi connectivity index (χ1v) is 7.80. The molecule has 1 N–H and O–H groups in total. The van der Waals surface area contributed by atoms with E-state index in [2.05, 4.69) is 10.3 Å². The molecule has 128 valence electrons. The van der Waals surface area contributed by atoms with Gasteiger partial charge in [-0.15, -0.1) is 0 Å². The molecule has 24 heavy (non-hydrogen) atoms. The molecule has 0 unspecified atom stereocenters. The molecule has 0 saturated carbocycles. The number of ether oxygens (including phenoxy) is 1. The summed E-state index contributed by atoms with van der Waals surface area (Å²) in [6.07, 6.45) is 3.04. The summed E-state index contributed by atoms with van der Waals surface area (Å²) in [5, 5.41) is 2.80. The van der Waals surface area contributed by atoms with Gasteiger partial charge in [-0.05, 0) is 43.7 Å². The van der Waals surface area contributed by atoms with Crippen LogP contribution in [0.4, 0.5) is 9.18 Å². The van der Waals surface area contributed by atoms with Crippen molar-refractivity contribution >= 4 is 6.03 Å². The molecular weight excluding hydrogens is 309 g/mol. The number of hydrogen-bond acceptors (Lipinski definition) is 3. The van der Waals surface area contributed by atoms with Gasteiger partial charge in [-0.3, -0.25) is 4.98 Å². The molecule has 0 fully saturated rings. The second kappa shape index (κ2) is 8.29. The van der Waals surface area contributed by atoms with Crippen molar-refractivity contribution in [2.75, 3.05) is 13.6 Å². The number of nitrogens with zero attached hydrogens (tertiary/aromatic N) is 2. The highest BCUT2D eigenvalue weighted by Gasteiger charge is 2.18. The predicted molar refractivity (Wildman–Crippen MR) is 90.3 cm³/mol. The number of carbonyl (C=O) groups excluding carboxylic acids is 1. The zero-order chi connectivity index (χ0) is 17.5. The fourth-order valence-corrected chi connectivity index (χ4v) is 2.20. The van der Waals surface area contributed by atoms with Crippen molar-refractivity contribution in [2.45, 2.75) is 26.0 Å². The summed E-state index contributed by atoms with van der Waals surface area (Å²) < 4.78 is 19.0. The molecule has 1 heterocycles. The molecule has 2 rings (SSSR count). The van der Waals surface area contributed by atoms with E-state index in [9.17, 15) is 9.18 Å². The Hall–Kier alpha value is -2.63. The maximum Gasteiger partial charge on any atom is 0.317 e. The Bertz CT molecular complexity index is 666. The lowest BCUT2D eigenvalue weighted by Gasteiger charge is -2.26. The van der Waals surface area contributed by atoms with Crippen LogP contribution in [-0.4, -0.2) is 35.6 Å². The first-order valence-electron chi connectivity index (χ1n) is 7.80. The van der Waals surface area contributed by atoms with Crippen molar-refractivity contribution in [3.05, 3.63) is 60.2 Å². The van der Waals surface area contributed by atoms with Crippen molar-refractivity contribution in [1.82, 2.24) is 15.2 Å². The van der Waals surface area contributed by atoms with Crippen LogP contribution in [-0.2, 0) is 0 Å². The van der Waals surface area contributed by atoms with Crippen LogP contribution in [0, 0.1) is 5.82 Å². The molecule has 2 atom stereocenters. The highest BCUT2D eigenvalue weighted by Crippen LogP contribution is 2.18. The summed E-state index contributed by atoms with van der Waals surface area (Å²) >= 11 is 0. The average molecular weight is 331 g/mol. The third-order valence-electron chi connectivity index (χ3n) is 3.80. The van der Waals surface area contributed by atoms with E-state index in [1.165, 1.54) is 6.07 Å². The summed E-state index contributed by atoms with van der Waals surface area (Å²) in [7, 11) is 1.73. The Labute approximate surface area is 141 Å². The molecule has 2 amide bonds. The van der Waals surface area contributed by atoms with Crippen LogP contribution >= 0.6 is 0 Å². The lowest BCUT2D eigenvalue weighted by atomic mass is 10.1. The van der Waals surface area contributed by atoms with Gasteiger partial charge in [0.1, 0.15) is 6.10 Å². The molecule has 2 aromatic rings. The first kappa shape index (κ1) is 17.7. The van der Waals surface area contributed by atoms with Gasteiger partial charge < -0.3 is 15.0 Å². The molecule has 0 saturated heterocycles. The minimum Gasteiger partial charge on any atom is -0.486 e. The quantitative estimate of drug-likeness (QED) is 0.883. The number of amides is 2. The van der Waals surface area contributed by atoms with Crippen LogP contribution in [0.5, 0.6) is 5.75 Å². The first-order chi connectivity index (χ1) is 11.5. The average Bonchev–Trinajstić information content (AvgIpc) is 2.61. The van der Waals surface area contributed by atoms with Gasteiger partial charge in [0.25, 0.3) is 0 Å². The Morgan fingerprint density at radius 2 is 1.92 bits per heavy atom. The van der Waals surface area contributed by atoms with Gasteiger partial charge in [-0.1, -0.05) is 12.1 Å². The van der Waals surface area contributed by atoms with E-state index in [0.29, 0.717) is 0 Å². The number of pyridine rings is 1.